The van der Waals surface area contributed by atoms with Gasteiger partial charge in [0.2, 0.25) is 0 Å². The zero-order chi connectivity index (χ0) is 8.23. The molecule has 0 radical (unpaired) electrons. The second kappa shape index (κ2) is 3.54. The second-order valence-corrected chi connectivity index (χ2v) is 3.67. The van der Waals surface area contributed by atoms with Gasteiger partial charge in [-0.2, -0.15) is 0 Å². The standard InChI is InChI=1S/C9H10N2S/c1-3-9(12-6-1)7-11-5-2-4-10-8-11/h1-6H,7-8H2. The van der Waals surface area contributed by atoms with E-state index in [9.17, 15) is 0 Å². The fourth-order valence-corrected chi connectivity index (χ4v) is 1.86. The molecule has 0 bridgehead atoms. The van der Waals surface area contributed by atoms with Crippen molar-refractivity contribution in [3.8, 4) is 0 Å². The molecule has 2 heterocycles. The summed E-state index contributed by atoms with van der Waals surface area (Å²) in [5.74, 6) is 0. The van der Waals surface area contributed by atoms with E-state index >= 15 is 0 Å². The van der Waals surface area contributed by atoms with Gasteiger partial charge in [-0.15, -0.1) is 11.3 Å². The Hall–Kier alpha value is -1.09. The van der Waals surface area contributed by atoms with Crippen LogP contribution in [0.4, 0.5) is 0 Å². The minimum atomic E-state index is 0.786. The van der Waals surface area contributed by atoms with Crippen molar-refractivity contribution in [2.75, 3.05) is 6.67 Å². The van der Waals surface area contributed by atoms with Crippen molar-refractivity contribution < 1.29 is 0 Å². The van der Waals surface area contributed by atoms with Crippen molar-refractivity contribution in [2.45, 2.75) is 6.54 Å². The van der Waals surface area contributed by atoms with E-state index in [0.717, 1.165) is 13.2 Å². The molecule has 2 rings (SSSR count). The molecule has 0 amide bonds. The SMILES string of the molecule is C1=CN(Cc2cccs2)CN=C1. The van der Waals surface area contributed by atoms with Crippen molar-refractivity contribution in [1.29, 1.82) is 0 Å². The van der Waals surface area contributed by atoms with Gasteiger partial charge in [0.25, 0.3) is 0 Å². The van der Waals surface area contributed by atoms with Gasteiger partial charge in [0.15, 0.2) is 0 Å². The number of thiophene rings is 1. The molecule has 3 heteroatoms. The van der Waals surface area contributed by atoms with Gasteiger partial charge in [0, 0.05) is 17.3 Å². The lowest BCUT2D eigenvalue weighted by Crippen LogP contribution is -2.18. The Morgan fingerprint density at radius 1 is 1.58 bits per heavy atom. The first-order valence-electron chi connectivity index (χ1n) is 3.88. The topological polar surface area (TPSA) is 15.6 Å². The molecule has 2 nitrogen and oxygen atoms in total. The Kier molecular flexibility index (Phi) is 2.23. The van der Waals surface area contributed by atoms with Gasteiger partial charge in [-0.3, -0.25) is 4.99 Å². The average molecular weight is 178 g/mol. The Bertz CT molecular complexity index is 287. The number of allylic oxidation sites excluding steroid dienone is 1. The Balaban J connectivity index is 1.96. The highest BCUT2D eigenvalue weighted by Crippen LogP contribution is 2.12. The number of nitrogens with zero attached hydrogens (tertiary/aromatic N) is 2. The fourth-order valence-electron chi connectivity index (χ4n) is 1.13. The van der Waals surface area contributed by atoms with E-state index < -0.39 is 0 Å². The number of hydrogen-bond acceptors (Lipinski definition) is 3. The number of aliphatic imine (C=N–C) groups is 1. The molecule has 62 valence electrons. The first-order valence-corrected chi connectivity index (χ1v) is 4.76. The van der Waals surface area contributed by atoms with Crippen LogP contribution in [0.5, 0.6) is 0 Å². The first-order chi connectivity index (χ1) is 5.95. The highest BCUT2D eigenvalue weighted by atomic mass is 32.1. The molecule has 0 spiro atoms. The van der Waals surface area contributed by atoms with Crippen molar-refractivity contribution >= 4 is 17.6 Å². The highest BCUT2D eigenvalue weighted by Gasteiger charge is 2.01. The predicted molar refractivity (Wildman–Crippen MR) is 52.4 cm³/mol. The lowest BCUT2D eigenvalue weighted by molar-refractivity contribution is 0.383. The quantitative estimate of drug-likeness (QED) is 0.677. The second-order valence-electron chi connectivity index (χ2n) is 2.64. The van der Waals surface area contributed by atoms with E-state index in [2.05, 4.69) is 33.6 Å². The Morgan fingerprint density at radius 3 is 3.25 bits per heavy atom. The summed E-state index contributed by atoms with van der Waals surface area (Å²) in [6.07, 6.45) is 5.88. The molecule has 0 saturated heterocycles. The van der Waals surface area contributed by atoms with Gasteiger partial charge < -0.3 is 4.90 Å². The fraction of sp³-hybridized carbons (Fsp3) is 0.222. The monoisotopic (exact) mass is 178 g/mol. The van der Waals surface area contributed by atoms with Gasteiger partial charge in [-0.25, -0.2) is 0 Å². The maximum absolute atomic E-state index is 4.16. The van der Waals surface area contributed by atoms with Gasteiger partial charge in [-0.05, 0) is 17.5 Å². The Labute approximate surface area is 75.9 Å². The molecular formula is C9H10N2S. The summed E-state index contributed by atoms with van der Waals surface area (Å²) < 4.78 is 0. The Morgan fingerprint density at radius 2 is 2.58 bits per heavy atom. The van der Waals surface area contributed by atoms with Crippen LogP contribution in [0.15, 0.2) is 34.8 Å². The van der Waals surface area contributed by atoms with Crippen molar-refractivity contribution in [3.05, 3.63) is 34.7 Å². The van der Waals surface area contributed by atoms with Crippen molar-refractivity contribution in [1.82, 2.24) is 4.90 Å². The lowest BCUT2D eigenvalue weighted by Gasteiger charge is -2.18. The van der Waals surface area contributed by atoms with Crippen LogP contribution >= 0.6 is 11.3 Å². The molecule has 1 aromatic heterocycles. The molecule has 0 saturated carbocycles. The van der Waals surface area contributed by atoms with Crippen LogP contribution in [-0.2, 0) is 6.54 Å². The lowest BCUT2D eigenvalue weighted by atomic mass is 10.4. The van der Waals surface area contributed by atoms with Crippen LogP contribution in [0, 0.1) is 0 Å². The molecule has 1 aliphatic heterocycles. The summed E-state index contributed by atoms with van der Waals surface area (Å²) in [6, 6.07) is 4.23. The normalized spacial score (nSPS) is 15.5. The van der Waals surface area contributed by atoms with Crippen LogP contribution in [0.3, 0.4) is 0 Å². The zero-order valence-electron chi connectivity index (χ0n) is 6.68. The van der Waals surface area contributed by atoms with Crippen LogP contribution in [-0.4, -0.2) is 17.8 Å². The van der Waals surface area contributed by atoms with Crippen LogP contribution in [0.2, 0.25) is 0 Å². The molecule has 0 fully saturated rings. The highest BCUT2D eigenvalue weighted by molar-refractivity contribution is 7.09. The van der Waals surface area contributed by atoms with Gasteiger partial charge in [0.05, 0.1) is 6.54 Å². The number of hydrogen-bond donors (Lipinski definition) is 0. The molecule has 0 unspecified atom stereocenters. The van der Waals surface area contributed by atoms with Crippen molar-refractivity contribution in [2.24, 2.45) is 4.99 Å². The third kappa shape index (κ3) is 1.74. The summed E-state index contributed by atoms with van der Waals surface area (Å²) in [5.41, 5.74) is 0. The van der Waals surface area contributed by atoms with Crippen LogP contribution in [0.25, 0.3) is 0 Å². The molecule has 0 aliphatic carbocycles. The largest absolute Gasteiger partial charge is 0.353 e. The molecule has 1 aliphatic rings. The smallest absolute Gasteiger partial charge is 0.110 e. The zero-order valence-corrected chi connectivity index (χ0v) is 7.50. The summed E-state index contributed by atoms with van der Waals surface area (Å²) in [4.78, 5) is 7.73. The summed E-state index contributed by atoms with van der Waals surface area (Å²) in [7, 11) is 0. The van der Waals surface area contributed by atoms with E-state index in [1.807, 2.05) is 12.3 Å². The molecule has 0 atom stereocenters. The van der Waals surface area contributed by atoms with Crippen molar-refractivity contribution in [3.63, 3.8) is 0 Å². The van der Waals surface area contributed by atoms with E-state index in [4.69, 9.17) is 0 Å². The third-order valence-corrected chi connectivity index (χ3v) is 2.55. The molecule has 0 aromatic carbocycles. The maximum atomic E-state index is 4.16. The molecule has 0 N–H and O–H groups in total. The third-order valence-electron chi connectivity index (χ3n) is 1.69. The van der Waals surface area contributed by atoms with Gasteiger partial charge in [-0.1, -0.05) is 6.07 Å². The first kappa shape index (κ1) is 7.55. The summed E-state index contributed by atoms with van der Waals surface area (Å²) in [5, 5.41) is 2.10. The van der Waals surface area contributed by atoms with Crippen LogP contribution in [0.1, 0.15) is 4.88 Å². The van der Waals surface area contributed by atoms with E-state index in [1.54, 1.807) is 11.3 Å². The average Bonchev–Trinajstić information content (AvgIpc) is 2.59. The molecule has 1 aromatic rings. The molecule has 12 heavy (non-hydrogen) atoms. The summed E-state index contributed by atoms with van der Waals surface area (Å²) in [6.45, 7) is 1.76. The molecular weight excluding hydrogens is 168 g/mol. The van der Waals surface area contributed by atoms with E-state index in [1.165, 1.54) is 4.88 Å². The predicted octanol–water partition coefficient (Wildman–Crippen LogP) is 2.11. The summed E-state index contributed by atoms with van der Waals surface area (Å²) >= 11 is 1.79. The van der Waals surface area contributed by atoms with E-state index in [0.29, 0.717) is 0 Å². The maximum Gasteiger partial charge on any atom is 0.110 e. The van der Waals surface area contributed by atoms with Crippen LogP contribution < -0.4 is 0 Å². The number of rotatable bonds is 2. The van der Waals surface area contributed by atoms with Gasteiger partial charge >= 0.3 is 0 Å². The van der Waals surface area contributed by atoms with E-state index in [-0.39, 0.29) is 0 Å². The minimum Gasteiger partial charge on any atom is -0.353 e. The van der Waals surface area contributed by atoms with Gasteiger partial charge in [0.1, 0.15) is 6.67 Å². The minimum absolute atomic E-state index is 0.786.